The van der Waals surface area contributed by atoms with Crippen molar-refractivity contribution >= 4 is 17.9 Å². The summed E-state index contributed by atoms with van der Waals surface area (Å²) in [6.45, 7) is 0. The zero-order chi connectivity index (χ0) is 15.0. The monoisotopic (exact) mass is 442 g/mol. The number of carbonyl (C=O) groups is 3. The van der Waals surface area contributed by atoms with Crippen molar-refractivity contribution < 1.29 is 49.8 Å². The zero-order valence-corrected chi connectivity index (χ0v) is 12.0. The summed E-state index contributed by atoms with van der Waals surface area (Å²) in [4.78, 5) is 28.0. The second-order valence-electron chi connectivity index (χ2n) is 2.26. The molecule has 0 N–H and O–H groups in total. The first kappa shape index (κ1) is 25.6. The van der Waals surface area contributed by atoms with Gasteiger partial charge in [-0.2, -0.15) is 0 Å². The van der Waals surface area contributed by atoms with Crippen LogP contribution in [-0.2, 0) is 34.5 Å². The molecule has 0 unspecified atom stereocenters. The number of aliphatic carboxylic acids is 3. The number of terminal acetylenes is 3. The molecule has 0 aromatic carbocycles. The molecule has 0 fully saturated rings. The predicted octanol–water partition coefficient (Wildman–Crippen LogP) is -3.72. The molecular formula is C12H9IrO6. The minimum absolute atomic E-state index is 0. The van der Waals surface area contributed by atoms with E-state index in [4.69, 9.17) is 0 Å². The molecule has 0 aliphatic rings. The van der Waals surface area contributed by atoms with Gasteiger partial charge in [0, 0.05) is 19.3 Å². The Hall–Kier alpha value is -2.26. The molecule has 0 aromatic heterocycles. The van der Waals surface area contributed by atoms with Gasteiger partial charge in [-0.25, -0.2) is 0 Å². The topological polar surface area (TPSA) is 120 Å². The van der Waals surface area contributed by atoms with Gasteiger partial charge < -0.3 is 29.7 Å². The maximum atomic E-state index is 9.35. The summed E-state index contributed by atoms with van der Waals surface area (Å²) >= 11 is 0. The van der Waals surface area contributed by atoms with E-state index >= 15 is 0 Å². The number of hydrogen-bond donors (Lipinski definition) is 0. The molecule has 19 heavy (non-hydrogen) atoms. The Morgan fingerprint density at radius 2 is 0.842 bits per heavy atom. The van der Waals surface area contributed by atoms with Crippen LogP contribution in [0.1, 0.15) is 19.3 Å². The van der Waals surface area contributed by atoms with Crippen LogP contribution < -0.4 is 15.3 Å². The molecule has 0 aromatic rings. The number of carboxylic acids is 3. The molecule has 0 atom stereocenters. The van der Waals surface area contributed by atoms with Crippen LogP contribution in [0.4, 0.5) is 0 Å². The maximum absolute atomic E-state index is 9.35. The summed E-state index contributed by atoms with van der Waals surface area (Å²) in [5.74, 6) is 2.13. The van der Waals surface area contributed by atoms with Crippen molar-refractivity contribution in [3.8, 4) is 37.0 Å². The van der Waals surface area contributed by atoms with Gasteiger partial charge in [0.25, 0.3) is 0 Å². The fraction of sp³-hybridized carbons (Fsp3) is 0.250. The fourth-order valence-electron chi connectivity index (χ4n) is 0.250. The third-order valence-corrected chi connectivity index (χ3v) is 0.739. The standard InChI is InChI=1S/3C4H4O2.Ir/c3*1-2-3-4(5)6;/h3*1H,3H2,(H,5,6);/q;;;+3/p-3. The van der Waals surface area contributed by atoms with Crippen LogP contribution >= 0.6 is 0 Å². The van der Waals surface area contributed by atoms with Crippen LogP contribution in [0, 0.1) is 37.0 Å². The summed E-state index contributed by atoms with van der Waals surface area (Å²) in [5.41, 5.74) is 0. The predicted molar refractivity (Wildman–Crippen MR) is 55.4 cm³/mol. The molecule has 0 saturated carbocycles. The summed E-state index contributed by atoms with van der Waals surface area (Å²) in [5, 5.41) is 28.0. The van der Waals surface area contributed by atoms with E-state index < -0.39 is 17.9 Å². The minimum atomic E-state index is -1.20. The van der Waals surface area contributed by atoms with Crippen molar-refractivity contribution in [2.24, 2.45) is 0 Å². The first-order chi connectivity index (χ1) is 8.31. The van der Waals surface area contributed by atoms with Crippen molar-refractivity contribution in [3.05, 3.63) is 0 Å². The minimum Gasteiger partial charge on any atom is -0.549 e. The third kappa shape index (κ3) is 65.4. The van der Waals surface area contributed by atoms with Crippen LogP contribution in [0.15, 0.2) is 0 Å². The van der Waals surface area contributed by atoms with Crippen molar-refractivity contribution in [3.63, 3.8) is 0 Å². The van der Waals surface area contributed by atoms with E-state index in [1.807, 2.05) is 17.8 Å². The van der Waals surface area contributed by atoms with Gasteiger partial charge in [-0.15, -0.1) is 37.0 Å². The average molecular weight is 441 g/mol. The molecule has 0 bridgehead atoms. The number of carbonyl (C=O) groups excluding carboxylic acids is 3. The fourth-order valence-corrected chi connectivity index (χ4v) is 0.250. The number of carboxylic acid groups (broad SMARTS) is 3. The first-order valence-electron chi connectivity index (χ1n) is 4.21. The quantitative estimate of drug-likeness (QED) is 0.416. The van der Waals surface area contributed by atoms with Crippen molar-refractivity contribution in [2.75, 3.05) is 0 Å². The second-order valence-corrected chi connectivity index (χ2v) is 2.26. The van der Waals surface area contributed by atoms with Gasteiger partial charge in [-0.1, -0.05) is 0 Å². The summed E-state index contributed by atoms with van der Waals surface area (Å²) < 4.78 is 0. The molecule has 6 nitrogen and oxygen atoms in total. The van der Waals surface area contributed by atoms with E-state index in [0.717, 1.165) is 0 Å². The van der Waals surface area contributed by atoms with Gasteiger partial charge in [-0.05, 0) is 0 Å². The van der Waals surface area contributed by atoms with Crippen molar-refractivity contribution in [1.82, 2.24) is 0 Å². The molecule has 0 aliphatic carbocycles. The number of hydrogen-bond acceptors (Lipinski definition) is 6. The van der Waals surface area contributed by atoms with Crippen LogP contribution in [-0.4, -0.2) is 17.9 Å². The Kier molecular flexibility index (Phi) is 28.3. The summed E-state index contributed by atoms with van der Waals surface area (Å²) in [6.07, 6.45) is 12.8. The Morgan fingerprint density at radius 1 is 0.684 bits per heavy atom. The van der Waals surface area contributed by atoms with Gasteiger partial charge in [-0.3, -0.25) is 0 Å². The van der Waals surface area contributed by atoms with Crippen LogP contribution in [0.25, 0.3) is 0 Å². The first-order valence-corrected chi connectivity index (χ1v) is 4.21. The molecule has 0 amide bonds. The third-order valence-electron chi connectivity index (χ3n) is 0.739. The van der Waals surface area contributed by atoms with E-state index in [0.29, 0.717) is 0 Å². The van der Waals surface area contributed by atoms with E-state index in [1.54, 1.807) is 0 Å². The molecule has 7 heteroatoms. The Labute approximate surface area is 124 Å². The Morgan fingerprint density at radius 3 is 0.842 bits per heavy atom. The molecule has 0 aliphatic heterocycles. The summed E-state index contributed by atoms with van der Waals surface area (Å²) in [6, 6.07) is 0. The Balaban J connectivity index is -0.0000000865. The van der Waals surface area contributed by atoms with Crippen LogP contribution in [0.2, 0.25) is 0 Å². The van der Waals surface area contributed by atoms with Gasteiger partial charge in [0.1, 0.15) is 0 Å². The molecule has 102 valence electrons. The van der Waals surface area contributed by atoms with Gasteiger partial charge in [0.2, 0.25) is 0 Å². The number of rotatable bonds is 3. The molecular weight excluding hydrogens is 432 g/mol. The van der Waals surface area contributed by atoms with E-state index in [-0.39, 0.29) is 39.4 Å². The normalized spacial score (nSPS) is 6.16. The largest absolute Gasteiger partial charge is 3.00 e. The SMILES string of the molecule is C#CCC(=O)[O-].C#CCC(=O)[O-].C#CCC(=O)[O-].[Ir+3]. The summed E-state index contributed by atoms with van der Waals surface area (Å²) in [7, 11) is 0. The van der Waals surface area contributed by atoms with Crippen molar-refractivity contribution in [2.45, 2.75) is 19.3 Å². The van der Waals surface area contributed by atoms with Gasteiger partial charge >= 0.3 is 20.1 Å². The molecule has 0 saturated heterocycles. The van der Waals surface area contributed by atoms with Gasteiger partial charge in [0.05, 0.1) is 17.9 Å². The average Bonchev–Trinajstić information content (AvgIpc) is 2.18. The van der Waals surface area contributed by atoms with Crippen LogP contribution in [0.5, 0.6) is 0 Å². The van der Waals surface area contributed by atoms with E-state index in [9.17, 15) is 29.7 Å². The molecule has 0 rings (SSSR count). The molecule has 0 radical (unpaired) electrons. The molecule has 0 spiro atoms. The molecule has 0 heterocycles. The van der Waals surface area contributed by atoms with Crippen LogP contribution in [0.3, 0.4) is 0 Å². The maximum Gasteiger partial charge on any atom is 3.00 e. The van der Waals surface area contributed by atoms with E-state index in [2.05, 4.69) is 19.3 Å². The smallest absolute Gasteiger partial charge is 0.549 e. The Bertz CT molecular complexity index is 332. The second kappa shape index (κ2) is 21.1. The van der Waals surface area contributed by atoms with Gasteiger partial charge in [0.15, 0.2) is 0 Å². The zero-order valence-electron chi connectivity index (χ0n) is 9.64. The van der Waals surface area contributed by atoms with E-state index in [1.165, 1.54) is 0 Å². The van der Waals surface area contributed by atoms with Crippen molar-refractivity contribution in [1.29, 1.82) is 0 Å².